The highest BCUT2D eigenvalue weighted by Gasteiger charge is 2.61. The monoisotopic (exact) mass is 761 g/mol. The van der Waals surface area contributed by atoms with Gasteiger partial charge in [-0.25, -0.2) is 9.59 Å². The van der Waals surface area contributed by atoms with Crippen molar-refractivity contribution in [1.29, 1.82) is 0 Å². The van der Waals surface area contributed by atoms with E-state index in [0.717, 1.165) is 22.4 Å². The first kappa shape index (κ1) is 38.3. The van der Waals surface area contributed by atoms with E-state index >= 15 is 0 Å². The number of furan rings is 1. The van der Waals surface area contributed by atoms with Crippen molar-refractivity contribution in [3.05, 3.63) is 115 Å². The minimum Gasteiger partial charge on any atom is -0.497 e. The fraction of sp³-hybridized carbons (Fsp3) is 0.372. The molecule has 13 heteroatoms. The number of nitrogens with zero attached hydrogens (tertiary/aromatic N) is 2. The predicted molar refractivity (Wildman–Crippen MR) is 210 cm³/mol. The van der Waals surface area contributed by atoms with Crippen LogP contribution in [0, 0.1) is 17.8 Å². The van der Waals surface area contributed by atoms with E-state index in [0.29, 0.717) is 17.8 Å². The SMILES string of the molecule is C=C[C@@H]1C[C@]1(NC(=O)C1C[C@@H](OC2C=C(c3ccccc3)N=C3C=C(OC)C=CC32)CN1C(=O)N[C@H](CNC(=O)c1cc2ccccc2o1)CC(C)C)C(=O)O. The van der Waals surface area contributed by atoms with Crippen molar-refractivity contribution in [2.24, 2.45) is 22.7 Å². The lowest BCUT2D eigenvalue weighted by molar-refractivity contribution is -0.144. The molecule has 1 saturated carbocycles. The zero-order chi connectivity index (χ0) is 39.6. The van der Waals surface area contributed by atoms with Gasteiger partial charge in [-0.1, -0.05) is 74.5 Å². The molecule has 4 amide bonds. The Hall–Kier alpha value is -5.95. The van der Waals surface area contributed by atoms with E-state index < -0.39 is 59.6 Å². The number of allylic oxidation sites excluding steroid dienone is 2. The van der Waals surface area contributed by atoms with Crippen molar-refractivity contribution < 1.29 is 38.2 Å². The van der Waals surface area contributed by atoms with Crippen LogP contribution < -0.4 is 16.0 Å². The second-order valence-electron chi connectivity index (χ2n) is 15.2. The summed E-state index contributed by atoms with van der Waals surface area (Å²) in [6, 6.07) is 16.7. The standard InChI is InChI=1S/C43H47N5O8/c1-5-28-22-43(28,41(51)52)47-39(49)35-20-31(55-37-21-33(26-11-7-6-8-12-26)46-34-19-30(54-4)15-16-32(34)37)24-48(35)42(53)45-29(17-25(2)3)23-44-40(50)38-18-27-13-9-10-14-36(27)56-38/h5-16,18-19,21,25,28-29,31-32,35,37H,1,17,20,22-24H2,2-4H3,(H,44,50)(H,45,53)(H,47,49)(H,51,52)/t28-,29+,31-,32?,35?,37?,43-/m1/s1. The van der Waals surface area contributed by atoms with E-state index in [9.17, 15) is 24.3 Å². The zero-order valence-electron chi connectivity index (χ0n) is 31.6. The number of para-hydroxylation sites is 1. The van der Waals surface area contributed by atoms with Crippen LogP contribution in [0.1, 0.15) is 49.2 Å². The molecule has 7 atom stereocenters. The lowest BCUT2D eigenvalue weighted by Crippen LogP contribution is -2.56. The van der Waals surface area contributed by atoms with Gasteiger partial charge < -0.3 is 39.8 Å². The van der Waals surface area contributed by atoms with E-state index in [1.54, 1.807) is 19.2 Å². The predicted octanol–water partition coefficient (Wildman–Crippen LogP) is 5.47. The van der Waals surface area contributed by atoms with Gasteiger partial charge in [0.15, 0.2) is 5.76 Å². The first-order valence-electron chi connectivity index (χ1n) is 18.9. The minimum atomic E-state index is -1.48. The fourth-order valence-electron chi connectivity index (χ4n) is 7.75. The zero-order valence-corrected chi connectivity index (χ0v) is 31.6. The van der Waals surface area contributed by atoms with Crippen LogP contribution in [0.2, 0.25) is 0 Å². The maximum atomic E-state index is 14.2. The average Bonchev–Trinajstić information content (AvgIpc) is 3.50. The highest BCUT2D eigenvalue weighted by molar-refractivity contribution is 6.04. The number of hydrogen-bond acceptors (Lipinski definition) is 8. The summed E-state index contributed by atoms with van der Waals surface area (Å²) in [6.45, 7) is 7.92. The lowest BCUT2D eigenvalue weighted by atomic mass is 9.88. The molecular formula is C43H47N5O8. The summed E-state index contributed by atoms with van der Waals surface area (Å²) in [5.41, 5.74) is 1.49. The van der Waals surface area contributed by atoms with Gasteiger partial charge in [0.05, 0.1) is 30.7 Å². The molecule has 4 aliphatic rings. The van der Waals surface area contributed by atoms with Crippen LogP contribution in [0.3, 0.4) is 0 Å². The lowest BCUT2D eigenvalue weighted by Gasteiger charge is -2.31. The van der Waals surface area contributed by atoms with E-state index in [4.69, 9.17) is 18.9 Å². The average molecular weight is 762 g/mol. The number of methoxy groups -OCH3 is 1. The number of fused-ring (bicyclic) bond motifs is 2. The Morgan fingerprint density at radius 3 is 2.59 bits per heavy atom. The Bertz CT molecular complexity index is 2100. The number of likely N-dealkylation sites (tertiary alicyclic amines) is 1. The number of aliphatic imine (C=N–C) groups is 1. The number of benzene rings is 2. The Morgan fingerprint density at radius 2 is 1.89 bits per heavy atom. The fourth-order valence-corrected chi connectivity index (χ4v) is 7.75. The summed E-state index contributed by atoms with van der Waals surface area (Å²) in [6.07, 6.45) is 8.96. The van der Waals surface area contributed by atoms with Crippen LogP contribution in [0.5, 0.6) is 0 Å². The van der Waals surface area contributed by atoms with Gasteiger partial charge in [-0.05, 0) is 48.6 Å². The van der Waals surface area contributed by atoms with Crippen molar-refractivity contribution >= 4 is 46.2 Å². The van der Waals surface area contributed by atoms with Crippen LogP contribution in [-0.2, 0) is 19.1 Å². The molecule has 292 valence electrons. The third kappa shape index (κ3) is 8.04. The molecule has 2 aliphatic heterocycles. The largest absolute Gasteiger partial charge is 0.497 e. The Labute approximate surface area is 325 Å². The highest BCUT2D eigenvalue weighted by Crippen LogP contribution is 2.45. The number of amides is 4. The molecule has 1 aromatic heterocycles. The van der Waals surface area contributed by atoms with Crippen molar-refractivity contribution in [3.8, 4) is 0 Å². The summed E-state index contributed by atoms with van der Waals surface area (Å²) in [5.74, 6) is -1.88. The topological polar surface area (TPSA) is 172 Å². The van der Waals surface area contributed by atoms with Crippen LogP contribution in [-0.4, -0.2) is 89.6 Å². The molecule has 3 aromatic rings. The molecule has 2 aromatic carbocycles. The van der Waals surface area contributed by atoms with Gasteiger partial charge in [0.2, 0.25) is 5.91 Å². The third-order valence-electron chi connectivity index (χ3n) is 10.8. The van der Waals surface area contributed by atoms with E-state index in [1.807, 2.05) is 86.7 Å². The van der Waals surface area contributed by atoms with Crippen LogP contribution in [0.25, 0.3) is 16.7 Å². The smallest absolute Gasteiger partial charge is 0.330 e. The Balaban J connectivity index is 1.11. The second-order valence-corrected chi connectivity index (χ2v) is 15.2. The molecule has 13 nitrogen and oxygen atoms in total. The molecule has 1 saturated heterocycles. The number of carboxylic acid groups (broad SMARTS) is 1. The summed E-state index contributed by atoms with van der Waals surface area (Å²) in [4.78, 5) is 60.1. The normalized spacial score (nSPS) is 25.7. The minimum absolute atomic E-state index is 0.0572. The van der Waals surface area contributed by atoms with Crippen molar-refractivity contribution in [1.82, 2.24) is 20.9 Å². The quantitative estimate of drug-likeness (QED) is 0.157. The number of carboxylic acids is 1. The molecular weight excluding hydrogens is 714 g/mol. The number of nitrogens with one attached hydrogen (secondary N) is 3. The number of urea groups is 1. The molecule has 2 aliphatic carbocycles. The molecule has 0 spiro atoms. The maximum absolute atomic E-state index is 14.2. The number of aliphatic carboxylic acids is 1. The van der Waals surface area contributed by atoms with Crippen molar-refractivity contribution in [2.75, 3.05) is 20.2 Å². The Morgan fingerprint density at radius 1 is 1.12 bits per heavy atom. The first-order valence-corrected chi connectivity index (χ1v) is 18.9. The van der Waals surface area contributed by atoms with Crippen LogP contribution in [0.15, 0.2) is 113 Å². The Kier molecular flexibility index (Phi) is 11.0. The van der Waals surface area contributed by atoms with Gasteiger partial charge in [-0.2, -0.15) is 0 Å². The summed E-state index contributed by atoms with van der Waals surface area (Å²) in [7, 11) is 1.60. The molecule has 56 heavy (non-hydrogen) atoms. The molecule has 2 fully saturated rings. The maximum Gasteiger partial charge on any atom is 0.330 e. The van der Waals surface area contributed by atoms with E-state index in [-0.39, 0.29) is 43.5 Å². The van der Waals surface area contributed by atoms with E-state index in [2.05, 4.69) is 22.5 Å². The van der Waals surface area contributed by atoms with Crippen LogP contribution >= 0.6 is 0 Å². The molecule has 4 N–H and O–H groups in total. The molecule has 0 radical (unpaired) electrons. The highest BCUT2D eigenvalue weighted by atomic mass is 16.5. The molecule has 0 bridgehead atoms. The molecule has 3 unspecified atom stereocenters. The van der Waals surface area contributed by atoms with Crippen molar-refractivity contribution in [3.63, 3.8) is 0 Å². The number of ether oxygens (including phenoxy) is 2. The summed E-state index contributed by atoms with van der Waals surface area (Å²) in [5, 5.41) is 19.6. The van der Waals surface area contributed by atoms with Gasteiger partial charge in [0.1, 0.15) is 22.9 Å². The van der Waals surface area contributed by atoms with Gasteiger partial charge in [-0.15, -0.1) is 6.58 Å². The molecule has 7 rings (SSSR count). The van der Waals surface area contributed by atoms with Gasteiger partial charge in [-0.3, -0.25) is 14.6 Å². The van der Waals surface area contributed by atoms with Gasteiger partial charge in [0, 0.05) is 48.9 Å². The van der Waals surface area contributed by atoms with Gasteiger partial charge >= 0.3 is 12.0 Å². The number of hydrogen-bond donors (Lipinski definition) is 4. The number of carbonyl (C=O) groups excluding carboxylic acids is 3. The first-order chi connectivity index (χ1) is 27.0. The van der Waals surface area contributed by atoms with Gasteiger partial charge in [0.25, 0.3) is 5.91 Å². The third-order valence-corrected chi connectivity index (χ3v) is 10.8. The second kappa shape index (κ2) is 16.0. The van der Waals surface area contributed by atoms with E-state index in [1.165, 1.54) is 11.0 Å². The van der Waals surface area contributed by atoms with Crippen molar-refractivity contribution in [2.45, 2.75) is 62.9 Å². The number of carbonyl (C=O) groups is 4. The summed E-state index contributed by atoms with van der Waals surface area (Å²) >= 11 is 0. The van der Waals surface area contributed by atoms with Crippen LogP contribution in [0.4, 0.5) is 4.79 Å². The number of rotatable bonds is 14. The summed E-state index contributed by atoms with van der Waals surface area (Å²) < 4.78 is 18.0. The molecule has 3 heterocycles.